The highest BCUT2D eigenvalue weighted by atomic mass is 127. The summed E-state index contributed by atoms with van der Waals surface area (Å²) >= 11 is 8.01. The van der Waals surface area contributed by atoms with Crippen LogP contribution in [0.15, 0.2) is 72.8 Å². The van der Waals surface area contributed by atoms with Crippen LogP contribution in [0, 0.1) is 3.57 Å². The van der Waals surface area contributed by atoms with E-state index in [2.05, 4.69) is 33.2 Å². The molecule has 8 heteroatoms. The number of hydrogen-bond acceptors (Lipinski definition) is 4. The van der Waals surface area contributed by atoms with Crippen LogP contribution < -0.4 is 20.1 Å². The molecule has 2 amide bonds. The highest BCUT2D eigenvalue weighted by Crippen LogP contribution is 2.17. The van der Waals surface area contributed by atoms with Gasteiger partial charge in [-0.2, -0.15) is 0 Å². The van der Waals surface area contributed by atoms with Gasteiger partial charge in [0.15, 0.2) is 13.2 Å². The van der Waals surface area contributed by atoms with E-state index in [0.717, 1.165) is 3.57 Å². The molecular formula is C22H18ClIN2O4. The summed E-state index contributed by atoms with van der Waals surface area (Å²) in [6.45, 7) is -0.225. The summed E-state index contributed by atoms with van der Waals surface area (Å²) in [5.41, 5.74) is 1.19. The van der Waals surface area contributed by atoms with Crippen molar-refractivity contribution in [3.05, 3.63) is 81.4 Å². The van der Waals surface area contributed by atoms with Crippen LogP contribution >= 0.6 is 34.2 Å². The Bertz CT molecular complexity index is 911. The van der Waals surface area contributed by atoms with E-state index >= 15 is 0 Å². The third kappa shape index (κ3) is 7.23. The first-order valence-electron chi connectivity index (χ1n) is 8.94. The van der Waals surface area contributed by atoms with Crippen LogP contribution in [-0.4, -0.2) is 25.0 Å². The predicted molar refractivity (Wildman–Crippen MR) is 125 cm³/mol. The maximum absolute atomic E-state index is 12.0. The van der Waals surface area contributed by atoms with Gasteiger partial charge < -0.3 is 20.1 Å². The van der Waals surface area contributed by atoms with E-state index in [4.69, 9.17) is 21.1 Å². The minimum absolute atomic E-state index is 0.0961. The van der Waals surface area contributed by atoms with Crippen molar-refractivity contribution in [2.75, 3.05) is 23.8 Å². The zero-order valence-corrected chi connectivity index (χ0v) is 18.6. The molecule has 0 atom stereocenters. The van der Waals surface area contributed by atoms with Crippen LogP contribution in [-0.2, 0) is 9.59 Å². The lowest BCUT2D eigenvalue weighted by Gasteiger charge is -2.10. The molecule has 3 aromatic rings. The molecule has 0 aliphatic rings. The molecule has 0 fully saturated rings. The number of carbonyl (C=O) groups is 2. The van der Waals surface area contributed by atoms with Crippen molar-refractivity contribution >= 4 is 57.4 Å². The molecule has 30 heavy (non-hydrogen) atoms. The first-order valence-corrected chi connectivity index (χ1v) is 10.4. The van der Waals surface area contributed by atoms with Gasteiger partial charge in [-0.05, 0) is 95.4 Å². The largest absolute Gasteiger partial charge is 0.484 e. The average Bonchev–Trinajstić information content (AvgIpc) is 2.74. The molecule has 2 N–H and O–H groups in total. The van der Waals surface area contributed by atoms with Crippen LogP contribution in [0.25, 0.3) is 0 Å². The topological polar surface area (TPSA) is 76.7 Å². The number of halogens is 2. The predicted octanol–water partition coefficient (Wildman–Crippen LogP) is 4.98. The standard InChI is InChI=1S/C22H18ClIN2O4/c23-15-1-9-19(10-2-15)29-13-21(27)25-17-5-7-18(8-6-17)26-22(28)14-30-20-11-3-16(24)4-12-20/h1-12H,13-14H2,(H,25,27)(H,26,28). The first kappa shape index (κ1) is 21.9. The average molecular weight is 537 g/mol. The monoisotopic (exact) mass is 536 g/mol. The lowest BCUT2D eigenvalue weighted by molar-refractivity contribution is -0.118. The van der Waals surface area contributed by atoms with Gasteiger partial charge in [0, 0.05) is 20.0 Å². The smallest absolute Gasteiger partial charge is 0.262 e. The fourth-order valence-corrected chi connectivity index (χ4v) is 2.88. The van der Waals surface area contributed by atoms with Crippen LogP contribution in [0.1, 0.15) is 0 Å². The molecule has 0 bridgehead atoms. The van der Waals surface area contributed by atoms with E-state index in [-0.39, 0.29) is 25.0 Å². The lowest BCUT2D eigenvalue weighted by Crippen LogP contribution is -2.21. The van der Waals surface area contributed by atoms with Crippen LogP contribution in [0.3, 0.4) is 0 Å². The number of hydrogen-bond donors (Lipinski definition) is 2. The summed E-state index contributed by atoms with van der Waals surface area (Å²) in [7, 11) is 0. The number of nitrogens with one attached hydrogen (secondary N) is 2. The zero-order chi connectivity index (χ0) is 21.3. The second kappa shape index (κ2) is 10.8. The Morgan fingerprint density at radius 3 is 1.53 bits per heavy atom. The van der Waals surface area contributed by atoms with Gasteiger partial charge >= 0.3 is 0 Å². The quantitative estimate of drug-likeness (QED) is 0.398. The lowest BCUT2D eigenvalue weighted by atomic mass is 10.2. The SMILES string of the molecule is O=C(COc1ccc(Cl)cc1)Nc1ccc(NC(=O)COc2ccc(I)cc2)cc1. The van der Waals surface area contributed by atoms with Crippen molar-refractivity contribution in [2.24, 2.45) is 0 Å². The van der Waals surface area contributed by atoms with Gasteiger partial charge in [0.2, 0.25) is 0 Å². The number of benzene rings is 3. The summed E-state index contributed by atoms with van der Waals surface area (Å²) < 4.78 is 11.9. The van der Waals surface area contributed by atoms with Crippen molar-refractivity contribution in [3.8, 4) is 11.5 Å². The maximum atomic E-state index is 12.0. The number of rotatable bonds is 8. The third-order valence-corrected chi connectivity index (χ3v) is 4.79. The van der Waals surface area contributed by atoms with Crippen LogP contribution in [0.2, 0.25) is 5.02 Å². The Balaban J connectivity index is 1.42. The highest BCUT2D eigenvalue weighted by molar-refractivity contribution is 14.1. The highest BCUT2D eigenvalue weighted by Gasteiger charge is 2.06. The Morgan fingerprint density at radius 1 is 0.700 bits per heavy atom. The van der Waals surface area contributed by atoms with Gasteiger partial charge in [0.25, 0.3) is 11.8 Å². The van der Waals surface area contributed by atoms with Gasteiger partial charge in [-0.1, -0.05) is 11.6 Å². The molecule has 0 saturated carbocycles. The molecule has 3 aromatic carbocycles. The molecule has 6 nitrogen and oxygen atoms in total. The molecule has 0 aromatic heterocycles. The van der Waals surface area contributed by atoms with E-state index in [1.165, 1.54) is 0 Å². The molecule has 0 unspecified atom stereocenters. The van der Waals surface area contributed by atoms with Crippen molar-refractivity contribution in [1.29, 1.82) is 0 Å². The van der Waals surface area contributed by atoms with Gasteiger partial charge in [-0.15, -0.1) is 0 Å². The molecule has 3 rings (SSSR count). The second-order valence-electron chi connectivity index (χ2n) is 6.16. The first-order chi connectivity index (χ1) is 14.5. The summed E-state index contributed by atoms with van der Waals surface area (Å²) in [6.07, 6.45) is 0. The fourth-order valence-electron chi connectivity index (χ4n) is 2.39. The van der Waals surface area contributed by atoms with E-state index < -0.39 is 0 Å². The van der Waals surface area contributed by atoms with Gasteiger partial charge in [-0.3, -0.25) is 9.59 Å². The normalized spacial score (nSPS) is 10.2. The van der Waals surface area contributed by atoms with Crippen molar-refractivity contribution in [2.45, 2.75) is 0 Å². The van der Waals surface area contributed by atoms with Gasteiger partial charge in [-0.25, -0.2) is 0 Å². The Labute approximate surface area is 192 Å². The molecule has 0 aliphatic heterocycles. The Morgan fingerprint density at radius 2 is 1.10 bits per heavy atom. The second-order valence-corrected chi connectivity index (χ2v) is 7.84. The molecule has 154 valence electrons. The maximum Gasteiger partial charge on any atom is 0.262 e. The van der Waals surface area contributed by atoms with Crippen molar-refractivity contribution in [3.63, 3.8) is 0 Å². The Kier molecular flexibility index (Phi) is 7.92. The molecule has 0 saturated heterocycles. The Hall–Kier alpha value is -2.78. The molecule has 0 spiro atoms. The summed E-state index contributed by atoms with van der Waals surface area (Å²) in [5.74, 6) is 0.610. The van der Waals surface area contributed by atoms with E-state index in [0.29, 0.717) is 27.9 Å². The molecular weight excluding hydrogens is 519 g/mol. The van der Waals surface area contributed by atoms with Crippen LogP contribution in [0.5, 0.6) is 11.5 Å². The molecule has 0 aliphatic carbocycles. The van der Waals surface area contributed by atoms with E-state index in [1.54, 1.807) is 48.5 Å². The van der Waals surface area contributed by atoms with E-state index in [1.807, 2.05) is 24.3 Å². The number of anilines is 2. The number of carbonyl (C=O) groups excluding carboxylic acids is 2. The number of amides is 2. The minimum atomic E-state index is -0.298. The van der Waals surface area contributed by atoms with Crippen LogP contribution in [0.4, 0.5) is 11.4 Å². The molecule has 0 radical (unpaired) electrons. The molecule has 0 heterocycles. The summed E-state index contributed by atoms with van der Waals surface area (Å²) in [6, 6.07) is 20.9. The fraction of sp³-hybridized carbons (Fsp3) is 0.0909. The zero-order valence-electron chi connectivity index (χ0n) is 15.7. The third-order valence-electron chi connectivity index (χ3n) is 3.82. The van der Waals surface area contributed by atoms with E-state index in [9.17, 15) is 9.59 Å². The minimum Gasteiger partial charge on any atom is -0.484 e. The summed E-state index contributed by atoms with van der Waals surface area (Å²) in [4.78, 5) is 24.0. The van der Waals surface area contributed by atoms with Crippen molar-refractivity contribution < 1.29 is 19.1 Å². The summed E-state index contributed by atoms with van der Waals surface area (Å²) in [5, 5.41) is 6.07. The van der Waals surface area contributed by atoms with Crippen molar-refractivity contribution in [1.82, 2.24) is 0 Å². The number of ether oxygens (including phenoxy) is 2. The van der Waals surface area contributed by atoms with Gasteiger partial charge in [0.1, 0.15) is 11.5 Å². The van der Waals surface area contributed by atoms with Gasteiger partial charge in [0.05, 0.1) is 0 Å².